The van der Waals surface area contributed by atoms with Crippen LogP contribution in [-0.2, 0) is 0 Å². The molecule has 2 aromatic carbocycles. The van der Waals surface area contributed by atoms with Crippen LogP contribution in [0.5, 0.6) is 0 Å². The second kappa shape index (κ2) is 7.56. The van der Waals surface area contributed by atoms with Crippen molar-refractivity contribution in [3.8, 4) is 9.88 Å². The first-order valence-corrected chi connectivity index (χ1v) is 9.70. The van der Waals surface area contributed by atoms with Gasteiger partial charge >= 0.3 is 6.03 Å². The van der Waals surface area contributed by atoms with Crippen molar-refractivity contribution in [3.63, 3.8) is 0 Å². The molecule has 6 nitrogen and oxygen atoms in total. The summed E-state index contributed by atoms with van der Waals surface area (Å²) >= 11 is 2.91. The molecule has 2 aromatic heterocycles. The van der Waals surface area contributed by atoms with Crippen molar-refractivity contribution in [1.29, 1.82) is 0 Å². The molecular formula is C19H14N4O2S2. The number of carbonyl (C=O) groups excluding carboxylic acids is 2. The van der Waals surface area contributed by atoms with E-state index in [9.17, 15) is 9.59 Å². The van der Waals surface area contributed by atoms with Crippen LogP contribution in [0.4, 0.5) is 10.5 Å². The molecule has 0 spiro atoms. The molecule has 0 unspecified atom stereocenters. The highest BCUT2D eigenvalue weighted by atomic mass is 32.1. The van der Waals surface area contributed by atoms with Crippen molar-refractivity contribution in [2.45, 2.75) is 0 Å². The lowest BCUT2D eigenvalue weighted by atomic mass is 10.3. The molecule has 0 aliphatic rings. The highest BCUT2D eigenvalue weighted by Gasteiger charge is 2.13. The van der Waals surface area contributed by atoms with Crippen molar-refractivity contribution < 1.29 is 9.59 Å². The summed E-state index contributed by atoms with van der Waals surface area (Å²) in [7, 11) is 0. The number of urea groups is 1. The summed E-state index contributed by atoms with van der Waals surface area (Å²) < 4.78 is 1.10. The van der Waals surface area contributed by atoms with Crippen molar-refractivity contribution in [1.82, 2.24) is 15.8 Å². The Labute approximate surface area is 162 Å². The first kappa shape index (κ1) is 17.2. The van der Waals surface area contributed by atoms with E-state index in [0.717, 1.165) is 20.1 Å². The fraction of sp³-hybridized carbons (Fsp3) is 0. The summed E-state index contributed by atoms with van der Waals surface area (Å²) in [5.74, 6) is -0.379. The van der Waals surface area contributed by atoms with Gasteiger partial charge in [-0.3, -0.25) is 10.2 Å². The number of hydrogen-bond donors (Lipinski definition) is 3. The van der Waals surface area contributed by atoms with E-state index in [1.165, 1.54) is 11.3 Å². The maximum atomic E-state index is 12.3. The number of amides is 3. The number of rotatable bonds is 3. The van der Waals surface area contributed by atoms with Crippen LogP contribution < -0.4 is 16.2 Å². The van der Waals surface area contributed by atoms with E-state index < -0.39 is 6.03 Å². The molecule has 4 aromatic rings. The number of hydrazine groups is 1. The topological polar surface area (TPSA) is 83.1 Å². The Bertz CT molecular complexity index is 1070. The molecule has 8 heteroatoms. The van der Waals surface area contributed by atoms with Gasteiger partial charge in [-0.05, 0) is 36.4 Å². The summed E-state index contributed by atoms with van der Waals surface area (Å²) in [5.41, 5.74) is 6.33. The summed E-state index contributed by atoms with van der Waals surface area (Å²) in [5, 5.41) is 3.50. The van der Waals surface area contributed by atoms with E-state index in [-0.39, 0.29) is 5.91 Å². The van der Waals surface area contributed by atoms with Crippen LogP contribution in [0.15, 0.2) is 66.7 Å². The molecule has 4 rings (SSSR count). The number of carbonyl (C=O) groups is 2. The molecule has 0 aliphatic carbocycles. The number of nitrogens with one attached hydrogen (secondary N) is 3. The predicted molar refractivity (Wildman–Crippen MR) is 109 cm³/mol. The molecule has 2 heterocycles. The lowest BCUT2D eigenvalue weighted by Crippen LogP contribution is -2.43. The third kappa shape index (κ3) is 3.97. The van der Waals surface area contributed by atoms with Crippen molar-refractivity contribution in [3.05, 3.63) is 71.6 Å². The minimum Gasteiger partial charge on any atom is -0.307 e. The normalized spacial score (nSPS) is 10.5. The van der Waals surface area contributed by atoms with Gasteiger partial charge in [0.25, 0.3) is 5.91 Å². The number of anilines is 1. The maximum Gasteiger partial charge on any atom is 0.337 e. The minimum atomic E-state index is -0.516. The Morgan fingerprint density at radius 2 is 1.59 bits per heavy atom. The molecule has 3 N–H and O–H groups in total. The SMILES string of the molecule is O=C(NNC(=O)c1ccc(-c2nc3ccccc3s2)s1)Nc1ccccc1. The molecule has 134 valence electrons. The maximum absolute atomic E-state index is 12.3. The fourth-order valence-corrected chi connectivity index (χ4v) is 4.33. The molecule has 0 aliphatic heterocycles. The molecule has 0 atom stereocenters. The monoisotopic (exact) mass is 394 g/mol. The molecule has 3 amide bonds. The smallest absolute Gasteiger partial charge is 0.307 e. The molecule has 0 saturated carbocycles. The van der Waals surface area contributed by atoms with Crippen molar-refractivity contribution >= 4 is 50.5 Å². The van der Waals surface area contributed by atoms with Gasteiger partial charge in [0, 0.05) is 5.69 Å². The zero-order valence-electron chi connectivity index (χ0n) is 13.9. The average Bonchev–Trinajstić information content (AvgIpc) is 3.33. The Hall–Kier alpha value is -3.23. The molecule has 0 saturated heterocycles. The highest BCUT2D eigenvalue weighted by Crippen LogP contribution is 2.34. The molecule has 27 heavy (non-hydrogen) atoms. The van der Waals surface area contributed by atoms with Crippen LogP contribution in [-0.4, -0.2) is 16.9 Å². The number of thiazole rings is 1. The molecule has 0 fully saturated rings. The van der Waals surface area contributed by atoms with Crippen LogP contribution in [0, 0.1) is 0 Å². The van der Waals surface area contributed by atoms with Crippen LogP contribution in [0.3, 0.4) is 0 Å². The number of benzene rings is 2. The number of thiophene rings is 1. The fourth-order valence-electron chi connectivity index (χ4n) is 2.41. The Morgan fingerprint density at radius 1 is 0.815 bits per heavy atom. The van der Waals surface area contributed by atoms with Gasteiger partial charge in [0.2, 0.25) is 0 Å². The van der Waals surface area contributed by atoms with E-state index in [1.807, 2.05) is 48.5 Å². The number of aromatic nitrogens is 1. The lowest BCUT2D eigenvalue weighted by Gasteiger charge is -2.07. The highest BCUT2D eigenvalue weighted by molar-refractivity contribution is 7.26. The first-order valence-electron chi connectivity index (χ1n) is 8.07. The summed E-state index contributed by atoms with van der Waals surface area (Å²) in [6.45, 7) is 0. The van der Waals surface area contributed by atoms with E-state index in [0.29, 0.717) is 10.6 Å². The lowest BCUT2D eigenvalue weighted by molar-refractivity contribution is 0.0942. The average molecular weight is 394 g/mol. The van der Waals surface area contributed by atoms with Gasteiger partial charge < -0.3 is 5.32 Å². The zero-order chi connectivity index (χ0) is 18.6. The van der Waals surface area contributed by atoms with Gasteiger partial charge in [0.05, 0.1) is 20.0 Å². The van der Waals surface area contributed by atoms with Gasteiger partial charge in [0.1, 0.15) is 5.01 Å². The summed E-state index contributed by atoms with van der Waals surface area (Å²) in [6, 6.07) is 20.0. The quantitative estimate of drug-likeness (QED) is 0.448. The third-order valence-electron chi connectivity index (χ3n) is 3.66. The van der Waals surface area contributed by atoms with Gasteiger partial charge in [-0.1, -0.05) is 30.3 Å². The predicted octanol–water partition coefficient (Wildman–Crippen LogP) is 4.49. The van der Waals surface area contributed by atoms with Crippen LogP contribution in [0.1, 0.15) is 9.67 Å². The first-order chi connectivity index (χ1) is 13.2. The Balaban J connectivity index is 1.39. The van der Waals surface area contributed by atoms with Gasteiger partial charge in [-0.25, -0.2) is 15.2 Å². The van der Waals surface area contributed by atoms with E-state index in [4.69, 9.17) is 0 Å². The van der Waals surface area contributed by atoms with E-state index >= 15 is 0 Å². The number of nitrogens with zero attached hydrogens (tertiary/aromatic N) is 1. The zero-order valence-corrected chi connectivity index (χ0v) is 15.6. The van der Waals surface area contributed by atoms with Crippen LogP contribution in [0.25, 0.3) is 20.1 Å². The van der Waals surface area contributed by atoms with Gasteiger partial charge in [0.15, 0.2) is 0 Å². The Kier molecular flexibility index (Phi) is 4.82. The van der Waals surface area contributed by atoms with Crippen LogP contribution >= 0.6 is 22.7 Å². The molecule has 0 bridgehead atoms. The standard InChI is InChI=1S/C19H14N4O2S2/c24-17(22-23-19(25)20-12-6-2-1-3-7-12)15-10-11-16(26-15)18-21-13-8-4-5-9-14(13)27-18/h1-11H,(H,22,24)(H2,20,23,25). The summed E-state index contributed by atoms with van der Waals surface area (Å²) in [6.07, 6.45) is 0. The van der Waals surface area contributed by atoms with E-state index in [2.05, 4.69) is 21.2 Å². The molecular weight excluding hydrogens is 380 g/mol. The van der Waals surface area contributed by atoms with Crippen LogP contribution in [0.2, 0.25) is 0 Å². The largest absolute Gasteiger partial charge is 0.337 e. The van der Waals surface area contributed by atoms with Gasteiger partial charge in [-0.2, -0.15) is 0 Å². The second-order valence-electron chi connectivity index (χ2n) is 5.55. The Morgan fingerprint density at radius 3 is 2.41 bits per heavy atom. The minimum absolute atomic E-state index is 0.379. The summed E-state index contributed by atoms with van der Waals surface area (Å²) in [4.78, 5) is 30.1. The van der Waals surface area contributed by atoms with Crippen molar-refractivity contribution in [2.75, 3.05) is 5.32 Å². The number of para-hydroxylation sites is 2. The number of hydrogen-bond acceptors (Lipinski definition) is 5. The third-order valence-corrected chi connectivity index (χ3v) is 5.95. The van der Waals surface area contributed by atoms with Gasteiger partial charge in [-0.15, -0.1) is 22.7 Å². The van der Waals surface area contributed by atoms with E-state index in [1.54, 1.807) is 29.5 Å². The number of fused-ring (bicyclic) bond motifs is 1. The van der Waals surface area contributed by atoms with Crippen molar-refractivity contribution in [2.24, 2.45) is 0 Å². The second-order valence-corrected chi connectivity index (χ2v) is 7.66. The molecule has 0 radical (unpaired) electrons.